The lowest BCUT2D eigenvalue weighted by Crippen LogP contribution is -2.43. The first kappa shape index (κ1) is 7.82. The quantitative estimate of drug-likeness (QED) is 0.564. The van der Waals surface area contributed by atoms with Gasteiger partial charge in [0.25, 0.3) is 0 Å². The fourth-order valence-electron chi connectivity index (χ4n) is 1.54. The molecule has 0 bridgehead atoms. The van der Waals surface area contributed by atoms with Crippen LogP contribution in [0.2, 0.25) is 0 Å². The second-order valence-corrected chi connectivity index (χ2v) is 2.98. The summed E-state index contributed by atoms with van der Waals surface area (Å²) in [5.41, 5.74) is 0. The minimum atomic E-state index is -0.560. The molecule has 2 aliphatic heterocycles. The van der Waals surface area contributed by atoms with Gasteiger partial charge in [0.05, 0.1) is 25.8 Å². The van der Waals surface area contributed by atoms with Crippen LogP contribution in [-0.4, -0.2) is 54.6 Å². The third kappa shape index (κ3) is 1.15. The van der Waals surface area contributed by atoms with E-state index in [2.05, 4.69) is 0 Å². The fourth-order valence-corrected chi connectivity index (χ4v) is 1.54. The van der Waals surface area contributed by atoms with Crippen molar-refractivity contribution in [3.8, 4) is 0 Å². The van der Waals surface area contributed by atoms with Crippen molar-refractivity contribution in [3.05, 3.63) is 0 Å². The zero-order valence-electron chi connectivity index (χ0n) is 6.60. The maximum absolute atomic E-state index is 11.0. The minimum Gasteiger partial charge on any atom is -0.448 e. The zero-order chi connectivity index (χ0) is 8.55. The summed E-state index contributed by atoms with van der Waals surface area (Å²) in [4.78, 5) is 12.6. The number of aliphatic hydroxyl groups excluding tert-OH is 1. The number of ether oxygens (including phenoxy) is 2. The molecule has 0 aromatic heterocycles. The number of cyclic esters (lactones) is 1. The zero-order valence-corrected chi connectivity index (χ0v) is 6.60. The van der Waals surface area contributed by atoms with Crippen LogP contribution >= 0.6 is 0 Å². The van der Waals surface area contributed by atoms with Gasteiger partial charge in [0.15, 0.2) is 0 Å². The van der Waals surface area contributed by atoms with E-state index >= 15 is 0 Å². The van der Waals surface area contributed by atoms with Crippen molar-refractivity contribution < 1.29 is 19.4 Å². The summed E-state index contributed by atoms with van der Waals surface area (Å²) in [7, 11) is 0. The van der Waals surface area contributed by atoms with Crippen molar-refractivity contribution in [2.24, 2.45) is 0 Å². The molecule has 0 saturated carbocycles. The topological polar surface area (TPSA) is 59.0 Å². The van der Waals surface area contributed by atoms with Gasteiger partial charge in [-0.2, -0.15) is 0 Å². The SMILES string of the molecule is O=C1OCCN1C1COCC1O. The first-order chi connectivity index (χ1) is 5.79. The van der Waals surface area contributed by atoms with Gasteiger partial charge in [-0.05, 0) is 0 Å². The predicted octanol–water partition coefficient (Wildman–Crippen LogP) is -0.802. The Labute approximate surface area is 69.9 Å². The second kappa shape index (κ2) is 2.91. The summed E-state index contributed by atoms with van der Waals surface area (Å²) in [6.45, 7) is 1.71. The Morgan fingerprint density at radius 3 is 2.83 bits per heavy atom. The Kier molecular flexibility index (Phi) is 1.90. The molecule has 0 aromatic rings. The predicted molar refractivity (Wildman–Crippen MR) is 38.7 cm³/mol. The average Bonchev–Trinajstić information content (AvgIpc) is 2.59. The van der Waals surface area contributed by atoms with Crippen LogP contribution in [-0.2, 0) is 9.47 Å². The number of carbonyl (C=O) groups is 1. The molecule has 2 fully saturated rings. The van der Waals surface area contributed by atoms with Crippen molar-refractivity contribution in [2.45, 2.75) is 12.1 Å². The van der Waals surface area contributed by atoms with Gasteiger partial charge in [-0.25, -0.2) is 4.79 Å². The van der Waals surface area contributed by atoms with Crippen LogP contribution in [0.1, 0.15) is 0 Å². The molecule has 2 rings (SSSR count). The molecule has 2 heterocycles. The van der Waals surface area contributed by atoms with Gasteiger partial charge in [-0.15, -0.1) is 0 Å². The summed E-state index contributed by atoms with van der Waals surface area (Å²) < 4.78 is 9.78. The number of aliphatic hydroxyl groups is 1. The van der Waals surface area contributed by atoms with Gasteiger partial charge < -0.3 is 14.6 Å². The molecule has 2 saturated heterocycles. The van der Waals surface area contributed by atoms with Crippen LogP contribution < -0.4 is 0 Å². The van der Waals surface area contributed by atoms with Crippen LogP contribution in [0.25, 0.3) is 0 Å². The highest BCUT2D eigenvalue weighted by Gasteiger charge is 2.37. The first-order valence-electron chi connectivity index (χ1n) is 3.98. The summed E-state index contributed by atoms with van der Waals surface area (Å²) in [5, 5.41) is 9.39. The molecule has 12 heavy (non-hydrogen) atoms. The molecule has 68 valence electrons. The molecule has 0 spiro atoms. The first-order valence-corrected chi connectivity index (χ1v) is 3.98. The van der Waals surface area contributed by atoms with E-state index in [0.29, 0.717) is 26.4 Å². The van der Waals surface area contributed by atoms with E-state index < -0.39 is 6.10 Å². The number of nitrogens with zero attached hydrogens (tertiary/aromatic N) is 1. The van der Waals surface area contributed by atoms with Gasteiger partial charge in [0.2, 0.25) is 0 Å². The van der Waals surface area contributed by atoms with Gasteiger partial charge in [-0.3, -0.25) is 4.90 Å². The summed E-state index contributed by atoms with van der Waals surface area (Å²) in [6, 6.07) is -0.208. The number of rotatable bonds is 1. The van der Waals surface area contributed by atoms with Gasteiger partial charge in [-0.1, -0.05) is 0 Å². The Hall–Kier alpha value is -0.810. The molecule has 1 amide bonds. The van der Waals surface area contributed by atoms with Crippen LogP contribution in [0.3, 0.4) is 0 Å². The Morgan fingerprint density at radius 1 is 1.50 bits per heavy atom. The molecule has 5 heteroatoms. The van der Waals surface area contributed by atoms with E-state index in [1.807, 2.05) is 0 Å². The van der Waals surface area contributed by atoms with Gasteiger partial charge >= 0.3 is 6.09 Å². The normalized spacial score (nSPS) is 35.8. The van der Waals surface area contributed by atoms with Crippen LogP contribution in [0, 0.1) is 0 Å². The second-order valence-electron chi connectivity index (χ2n) is 2.98. The molecule has 5 nitrogen and oxygen atoms in total. The third-order valence-corrected chi connectivity index (χ3v) is 2.21. The van der Waals surface area contributed by atoms with Crippen molar-refractivity contribution in [1.82, 2.24) is 4.90 Å². The van der Waals surface area contributed by atoms with Crippen molar-refractivity contribution >= 4 is 6.09 Å². The van der Waals surface area contributed by atoms with Crippen LogP contribution in [0.5, 0.6) is 0 Å². The highest BCUT2D eigenvalue weighted by atomic mass is 16.6. The van der Waals surface area contributed by atoms with E-state index in [-0.39, 0.29) is 12.1 Å². The number of amides is 1. The summed E-state index contributed by atoms with van der Waals surface area (Å²) in [5.74, 6) is 0. The lowest BCUT2D eigenvalue weighted by Gasteiger charge is -2.21. The highest BCUT2D eigenvalue weighted by Crippen LogP contribution is 2.17. The Balaban J connectivity index is 2.03. The minimum absolute atomic E-state index is 0.208. The van der Waals surface area contributed by atoms with E-state index in [1.165, 1.54) is 4.90 Å². The molecule has 0 radical (unpaired) electrons. The van der Waals surface area contributed by atoms with Crippen molar-refractivity contribution in [3.63, 3.8) is 0 Å². The van der Waals surface area contributed by atoms with E-state index in [9.17, 15) is 9.90 Å². The lowest BCUT2D eigenvalue weighted by atomic mass is 10.2. The maximum Gasteiger partial charge on any atom is 0.410 e. The molecule has 0 aromatic carbocycles. The van der Waals surface area contributed by atoms with Crippen LogP contribution in [0.15, 0.2) is 0 Å². The number of hydrogen-bond acceptors (Lipinski definition) is 4. The van der Waals surface area contributed by atoms with Crippen LogP contribution in [0.4, 0.5) is 4.79 Å². The molecule has 2 atom stereocenters. The number of carbonyl (C=O) groups excluding carboxylic acids is 1. The maximum atomic E-state index is 11.0. The lowest BCUT2D eigenvalue weighted by molar-refractivity contribution is 0.0955. The monoisotopic (exact) mass is 173 g/mol. The summed E-state index contributed by atoms with van der Waals surface area (Å²) in [6.07, 6.45) is -0.903. The van der Waals surface area contributed by atoms with E-state index in [1.54, 1.807) is 0 Å². The Bertz CT molecular complexity index is 196. The van der Waals surface area contributed by atoms with Crippen molar-refractivity contribution in [1.29, 1.82) is 0 Å². The molecule has 1 N–H and O–H groups in total. The number of hydrogen-bond donors (Lipinski definition) is 1. The highest BCUT2D eigenvalue weighted by molar-refractivity contribution is 5.69. The molecule has 0 aliphatic carbocycles. The molecular weight excluding hydrogens is 162 g/mol. The summed E-state index contributed by atoms with van der Waals surface area (Å²) >= 11 is 0. The third-order valence-electron chi connectivity index (χ3n) is 2.21. The van der Waals surface area contributed by atoms with Gasteiger partial charge in [0, 0.05) is 0 Å². The molecule has 2 aliphatic rings. The smallest absolute Gasteiger partial charge is 0.410 e. The van der Waals surface area contributed by atoms with E-state index in [4.69, 9.17) is 9.47 Å². The standard InChI is InChI=1S/C7H11NO4/c9-6-4-11-3-5(6)8-1-2-12-7(8)10/h5-6,9H,1-4H2. The molecule has 2 unspecified atom stereocenters. The van der Waals surface area contributed by atoms with E-state index in [0.717, 1.165) is 0 Å². The largest absolute Gasteiger partial charge is 0.448 e. The molecular formula is C7H11NO4. The van der Waals surface area contributed by atoms with Crippen molar-refractivity contribution in [2.75, 3.05) is 26.4 Å². The Morgan fingerprint density at radius 2 is 2.33 bits per heavy atom. The van der Waals surface area contributed by atoms with Gasteiger partial charge in [0.1, 0.15) is 12.7 Å². The average molecular weight is 173 g/mol. The fraction of sp³-hybridized carbons (Fsp3) is 0.857.